The zero-order valence-corrected chi connectivity index (χ0v) is 7.02. The number of alkyl halides is 1. The van der Waals surface area contributed by atoms with Crippen molar-refractivity contribution in [3.8, 4) is 0 Å². The Kier molecular flexibility index (Phi) is 4.03. The van der Waals surface area contributed by atoms with Gasteiger partial charge in [-0.25, -0.2) is 4.79 Å². The fourth-order valence-electron chi connectivity index (χ4n) is 0.761. The van der Waals surface area contributed by atoms with Gasteiger partial charge in [0.1, 0.15) is 0 Å². The molecule has 0 heterocycles. The molecule has 0 aromatic rings. The Balaban J connectivity index is 4.19. The van der Waals surface area contributed by atoms with E-state index in [1.807, 2.05) is 0 Å². The topological polar surface area (TPSA) is 35.5 Å². The van der Waals surface area contributed by atoms with Crippen LogP contribution in [-0.4, -0.2) is 26.0 Å². The van der Waals surface area contributed by atoms with E-state index in [-0.39, 0.29) is 6.42 Å². The molecule has 0 aliphatic carbocycles. The highest BCUT2D eigenvalue weighted by molar-refractivity contribution is 5.77. The van der Waals surface area contributed by atoms with E-state index in [9.17, 15) is 9.18 Å². The van der Waals surface area contributed by atoms with Gasteiger partial charge >= 0.3 is 11.8 Å². The van der Waals surface area contributed by atoms with Gasteiger partial charge in [0.15, 0.2) is 0 Å². The van der Waals surface area contributed by atoms with Crippen molar-refractivity contribution in [2.75, 3.05) is 14.2 Å². The van der Waals surface area contributed by atoms with Crippen LogP contribution in [0.4, 0.5) is 4.39 Å². The molecule has 0 aromatic carbocycles. The zero-order chi connectivity index (χ0) is 8.91. The summed E-state index contributed by atoms with van der Waals surface area (Å²) in [4.78, 5) is 10.7. The molecule has 0 rings (SSSR count). The minimum absolute atomic E-state index is 0.0240. The van der Waals surface area contributed by atoms with E-state index in [2.05, 4.69) is 9.47 Å². The predicted molar refractivity (Wildman–Crippen MR) is 37.8 cm³/mol. The summed E-state index contributed by atoms with van der Waals surface area (Å²) >= 11 is 0. The second kappa shape index (κ2) is 4.28. The van der Waals surface area contributed by atoms with Crippen LogP contribution in [0.15, 0.2) is 0 Å². The first-order chi connectivity index (χ1) is 5.10. The highest BCUT2D eigenvalue weighted by atomic mass is 19.2. The molecule has 0 saturated heterocycles. The van der Waals surface area contributed by atoms with Crippen molar-refractivity contribution in [3.05, 3.63) is 0 Å². The Morgan fingerprint density at radius 2 is 2.09 bits per heavy atom. The fourth-order valence-corrected chi connectivity index (χ4v) is 0.761. The van der Waals surface area contributed by atoms with Crippen LogP contribution < -0.4 is 0 Å². The summed E-state index contributed by atoms with van der Waals surface area (Å²) < 4.78 is 21.8. The van der Waals surface area contributed by atoms with Gasteiger partial charge in [-0.05, 0) is 0 Å². The number of rotatable bonds is 4. The molecule has 66 valence electrons. The Hall–Kier alpha value is -0.640. The van der Waals surface area contributed by atoms with Crippen LogP contribution in [0.2, 0.25) is 0 Å². The van der Waals surface area contributed by atoms with Gasteiger partial charge in [0, 0.05) is 13.5 Å². The normalized spacial score (nSPS) is 15.6. The summed E-state index contributed by atoms with van der Waals surface area (Å²) in [5, 5.41) is 0. The average Bonchev–Trinajstić information content (AvgIpc) is 2.03. The lowest BCUT2D eigenvalue weighted by Gasteiger charge is -2.19. The number of halogens is 1. The fraction of sp³-hybridized carbons (Fsp3) is 0.857. The molecule has 0 bridgehead atoms. The van der Waals surface area contributed by atoms with Crippen LogP contribution >= 0.6 is 0 Å². The van der Waals surface area contributed by atoms with Gasteiger partial charge in [0.25, 0.3) is 0 Å². The van der Waals surface area contributed by atoms with E-state index in [1.165, 1.54) is 0 Å². The summed E-state index contributed by atoms with van der Waals surface area (Å²) in [5.41, 5.74) is 0. The summed E-state index contributed by atoms with van der Waals surface area (Å²) in [5.74, 6) is -3.23. The number of carbonyl (C=O) groups excluding carboxylic acids is 1. The summed E-state index contributed by atoms with van der Waals surface area (Å²) in [6, 6.07) is 0. The number of methoxy groups -OCH3 is 2. The monoisotopic (exact) mass is 164 g/mol. The molecule has 3 nitrogen and oxygen atoms in total. The molecule has 0 fully saturated rings. The lowest BCUT2D eigenvalue weighted by molar-refractivity contribution is -0.193. The first-order valence-electron chi connectivity index (χ1n) is 3.43. The molecule has 1 atom stereocenters. The van der Waals surface area contributed by atoms with Crippen LogP contribution in [0.5, 0.6) is 0 Å². The molecule has 0 amide bonds. The molecule has 0 radical (unpaired) electrons. The smallest absolute Gasteiger partial charge is 0.371 e. The molecule has 4 heteroatoms. The lowest BCUT2D eigenvalue weighted by Crippen LogP contribution is -2.36. The van der Waals surface area contributed by atoms with Gasteiger partial charge in [-0.1, -0.05) is 13.3 Å². The second-order valence-electron chi connectivity index (χ2n) is 2.17. The van der Waals surface area contributed by atoms with Crippen molar-refractivity contribution in [1.29, 1.82) is 0 Å². The Morgan fingerprint density at radius 3 is 2.36 bits per heavy atom. The van der Waals surface area contributed by atoms with Gasteiger partial charge in [-0.2, -0.15) is 4.39 Å². The number of esters is 1. The Morgan fingerprint density at radius 1 is 1.55 bits per heavy atom. The van der Waals surface area contributed by atoms with E-state index < -0.39 is 11.8 Å². The van der Waals surface area contributed by atoms with Crippen molar-refractivity contribution in [2.24, 2.45) is 0 Å². The van der Waals surface area contributed by atoms with Gasteiger partial charge in [0.05, 0.1) is 7.11 Å². The van der Waals surface area contributed by atoms with Gasteiger partial charge in [0.2, 0.25) is 0 Å². The molecule has 0 aliphatic heterocycles. The molecular weight excluding hydrogens is 151 g/mol. The van der Waals surface area contributed by atoms with Gasteiger partial charge < -0.3 is 9.47 Å². The third kappa shape index (κ3) is 2.46. The zero-order valence-electron chi connectivity index (χ0n) is 7.02. The van der Waals surface area contributed by atoms with Crippen LogP contribution in [0.25, 0.3) is 0 Å². The number of hydrogen-bond acceptors (Lipinski definition) is 3. The van der Waals surface area contributed by atoms with Gasteiger partial charge in [-0.3, -0.25) is 0 Å². The first kappa shape index (κ1) is 10.4. The predicted octanol–water partition coefficient (Wildman–Crippen LogP) is 1.27. The molecule has 0 aliphatic rings. The number of hydrogen-bond donors (Lipinski definition) is 0. The number of carbonyl (C=O) groups is 1. The van der Waals surface area contributed by atoms with Crippen LogP contribution in [-0.2, 0) is 14.3 Å². The summed E-state index contributed by atoms with van der Waals surface area (Å²) in [7, 11) is 2.28. The van der Waals surface area contributed by atoms with Crippen molar-refractivity contribution in [3.63, 3.8) is 0 Å². The Labute approximate surface area is 65.5 Å². The van der Waals surface area contributed by atoms with Crippen LogP contribution in [0.3, 0.4) is 0 Å². The molecule has 0 spiro atoms. The first-order valence-corrected chi connectivity index (χ1v) is 3.43. The maximum Gasteiger partial charge on any atom is 0.371 e. The third-order valence-corrected chi connectivity index (χ3v) is 1.39. The molecule has 11 heavy (non-hydrogen) atoms. The molecule has 0 aromatic heterocycles. The van der Waals surface area contributed by atoms with E-state index in [0.717, 1.165) is 14.2 Å². The number of ether oxygens (including phenoxy) is 2. The van der Waals surface area contributed by atoms with Crippen molar-refractivity contribution in [2.45, 2.75) is 25.6 Å². The molecular formula is C7H13FO3. The quantitative estimate of drug-likeness (QED) is 0.587. The van der Waals surface area contributed by atoms with E-state index in [1.54, 1.807) is 6.92 Å². The standard InChI is InChI=1S/C7H13FO3/c1-4-5-7(8,11-3)6(9)10-2/h4-5H2,1-3H3. The maximum absolute atomic E-state index is 13.2. The third-order valence-electron chi connectivity index (χ3n) is 1.39. The van der Waals surface area contributed by atoms with Crippen LogP contribution in [0.1, 0.15) is 19.8 Å². The SMILES string of the molecule is CCCC(F)(OC)C(=O)OC. The van der Waals surface area contributed by atoms with Crippen molar-refractivity contribution in [1.82, 2.24) is 0 Å². The summed E-state index contributed by atoms with van der Waals surface area (Å²) in [6.07, 6.45) is 0.551. The van der Waals surface area contributed by atoms with E-state index in [4.69, 9.17) is 0 Å². The average molecular weight is 164 g/mol. The largest absolute Gasteiger partial charge is 0.465 e. The lowest BCUT2D eigenvalue weighted by atomic mass is 10.2. The van der Waals surface area contributed by atoms with Crippen LogP contribution in [0, 0.1) is 0 Å². The minimum Gasteiger partial charge on any atom is -0.465 e. The molecule has 0 saturated carbocycles. The Bertz CT molecular complexity index is 138. The van der Waals surface area contributed by atoms with E-state index >= 15 is 0 Å². The minimum atomic E-state index is -2.26. The van der Waals surface area contributed by atoms with Crippen molar-refractivity contribution >= 4 is 5.97 Å². The molecule has 1 unspecified atom stereocenters. The highest BCUT2D eigenvalue weighted by Crippen LogP contribution is 2.20. The molecule has 0 N–H and O–H groups in total. The maximum atomic E-state index is 13.2. The second-order valence-corrected chi connectivity index (χ2v) is 2.17. The van der Waals surface area contributed by atoms with E-state index in [0.29, 0.717) is 6.42 Å². The van der Waals surface area contributed by atoms with Crippen molar-refractivity contribution < 1.29 is 18.7 Å². The summed E-state index contributed by atoms with van der Waals surface area (Å²) in [6.45, 7) is 1.76. The highest BCUT2D eigenvalue weighted by Gasteiger charge is 2.38. The van der Waals surface area contributed by atoms with Gasteiger partial charge in [-0.15, -0.1) is 0 Å².